The number of aromatic nitrogens is 2. The van der Waals surface area contributed by atoms with Crippen LogP contribution in [-0.2, 0) is 6.42 Å². The maximum Gasteiger partial charge on any atom is 0.174 e. The number of hydrogen-bond acceptors (Lipinski definition) is 2. The molecule has 1 aliphatic heterocycles. The highest BCUT2D eigenvalue weighted by atomic mass is 32.1. The summed E-state index contributed by atoms with van der Waals surface area (Å²) >= 11 is 5.96. The van der Waals surface area contributed by atoms with Gasteiger partial charge in [-0.05, 0) is 91.5 Å². The van der Waals surface area contributed by atoms with Crippen LogP contribution in [-0.4, -0.2) is 14.7 Å². The lowest BCUT2D eigenvalue weighted by Crippen LogP contribution is -2.29. The summed E-state index contributed by atoms with van der Waals surface area (Å²) in [5.74, 6) is 0.484. The molecule has 0 aliphatic carbocycles. The molecule has 5 rings (SSSR count). The quantitative estimate of drug-likeness (QED) is 0.284. The van der Waals surface area contributed by atoms with Crippen LogP contribution in [0.5, 0.6) is 0 Å². The highest BCUT2D eigenvalue weighted by Gasteiger charge is 2.42. The molecule has 1 aliphatic rings. The first-order valence-corrected chi connectivity index (χ1v) is 13.2. The molecule has 0 spiro atoms. The van der Waals surface area contributed by atoms with E-state index < -0.39 is 0 Å². The topological polar surface area (TPSA) is 33.1 Å². The number of para-hydroxylation sites is 1. The first-order chi connectivity index (χ1) is 17.4. The van der Waals surface area contributed by atoms with Gasteiger partial charge in [-0.2, -0.15) is 0 Å². The number of nitrogens with one attached hydrogen (secondary N) is 1. The Hall–Kier alpha value is -3.44. The van der Waals surface area contributed by atoms with Crippen LogP contribution in [0.1, 0.15) is 72.5 Å². The average molecular weight is 495 g/mol. The maximum absolute atomic E-state index is 5.96. The summed E-state index contributed by atoms with van der Waals surface area (Å²) < 4.78 is 2.39. The smallest absolute Gasteiger partial charge is 0.174 e. The van der Waals surface area contributed by atoms with Gasteiger partial charge in [-0.25, -0.2) is 0 Å². The van der Waals surface area contributed by atoms with Gasteiger partial charge in [0.15, 0.2) is 5.11 Å². The van der Waals surface area contributed by atoms with Crippen molar-refractivity contribution in [3.05, 3.63) is 113 Å². The summed E-state index contributed by atoms with van der Waals surface area (Å²) in [7, 11) is 0. The Morgan fingerprint density at radius 3 is 2.36 bits per heavy atom. The predicted molar refractivity (Wildman–Crippen MR) is 153 cm³/mol. The lowest BCUT2D eigenvalue weighted by molar-refractivity contribution is 0.565. The Morgan fingerprint density at radius 1 is 0.972 bits per heavy atom. The van der Waals surface area contributed by atoms with Gasteiger partial charge in [-0.15, -0.1) is 0 Å². The van der Waals surface area contributed by atoms with E-state index in [0.29, 0.717) is 5.92 Å². The number of benzene rings is 2. The van der Waals surface area contributed by atoms with E-state index in [1.807, 2.05) is 18.3 Å². The molecule has 0 saturated carbocycles. The van der Waals surface area contributed by atoms with E-state index >= 15 is 0 Å². The summed E-state index contributed by atoms with van der Waals surface area (Å²) in [5, 5.41) is 4.34. The van der Waals surface area contributed by atoms with Crippen LogP contribution in [0.4, 0.5) is 5.69 Å². The first kappa shape index (κ1) is 24.3. The zero-order chi connectivity index (χ0) is 25.4. The largest absolute Gasteiger partial charge is 0.351 e. The maximum atomic E-state index is 5.96. The monoisotopic (exact) mass is 494 g/mol. The third-order valence-corrected chi connectivity index (χ3v) is 7.65. The van der Waals surface area contributed by atoms with E-state index in [9.17, 15) is 0 Å². The van der Waals surface area contributed by atoms with Gasteiger partial charge in [0.2, 0.25) is 0 Å². The van der Waals surface area contributed by atoms with Crippen LogP contribution in [0.3, 0.4) is 0 Å². The molecule has 4 aromatic rings. The minimum absolute atomic E-state index is 0.0222. The molecule has 1 fully saturated rings. The lowest BCUT2D eigenvalue weighted by atomic mass is 9.96. The molecule has 1 N–H and O–H groups in total. The van der Waals surface area contributed by atoms with Gasteiger partial charge in [0.25, 0.3) is 0 Å². The zero-order valence-electron chi connectivity index (χ0n) is 21.7. The Balaban J connectivity index is 1.67. The van der Waals surface area contributed by atoms with Crippen LogP contribution < -0.4 is 10.2 Å². The molecule has 2 aromatic carbocycles. The van der Waals surface area contributed by atoms with Crippen molar-refractivity contribution in [2.45, 2.75) is 59.0 Å². The second-order valence-electron chi connectivity index (χ2n) is 9.89. The molecule has 4 nitrogen and oxygen atoms in total. The molecule has 2 atom stereocenters. The number of nitrogens with zero attached hydrogens (tertiary/aromatic N) is 3. The second-order valence-corrected chi connectivity index (χ2v) is 10.3. The van der Waals surface area contributed by atoms with Gasteiger partial charge in [0, 0.05) is 29.0 Å². The van der Waals surface area contributed by atoms with Gasteiger partial charge in [-0.3, -0.25) is 4.98 Å². The van der Waals surface area contributed by atoms with Gasteiger partial charge < -0.3 is 14.8 Å². The van der Waals surface area contributed by atoms with Crippen molar-refractivity contribution < 1.29 is 0 Å². The van der Waals surface area contributed by atoms with Crippen molar-refractivity contribution >= 4 is 23.0 Å². The van der Waals surface area contributed by atoms with E-state index in [1.54, 1.807) is 0 Å². The number of pyridine rings is 1. The predicted octanol–water partition coefficient (Wildman–Crippen LogP) is 7.35. The van der Waals surface area contributed by atoms with E-state index in [1.165, 1.54) is 33.8 Å². The Bertz CT molecular complexity index is 1370. The molecular weight excluding hydrogens is 460 g/mol. The molecular formula is C31H34N4S. The molecule has 1 saturated heterocycles. The Labute approximate surface area is 220 Å². The van der Waals surface area contributed by atoms with E-state index in [-0.39, 0.29) is 12.1 Å². The van der Waals surface area contributed by atoms with Crippen LogP contribution in [0.2, 0.25) is 0 Å². The van der Waals surface area contributed by atoms with Crippen molar-refractivity contribution in [2.75, 3.05) is 4.90 Å². The number of anilines is 1. The zero-order valence-corrected chi connectivity index (χ0v) is 22.5. The SMILES string of the molecule is CCc1ccccc1-n1c(C)cc([C@@H]2[C@H](c3ccccn3)NC(=S)N2c2ccc(C(C)C)cc2)c1C. The number of rotatable bonds is 6. The molecule has 0 unspecified atom stereocenters. The normalized spacial score (nSPS) is 17.6. The van der Waals surface area contributed by atoms with Crippen LogP contribution >= 0.6 is 12.2 Å². The fourth-order valence-electron chi connectivity index (χ4n) is 5.45. The molecule has 3 heterocycles. The number of aryl methyl sites for hydroxylation is 2. The van der Waals surface area contributed by atoms with Gasteiger partial charge in [0.1, 0.15) is 0 Å². The molecule has 184 valence electrons. The standard InChI is InChI=1S/C31H34N4S/c1-6-23-11-7-8-13-28(23)34-21(4)19-26(22(34)5)30-29(27-12-9-10-18-32-27)33-31(36)35(30)25-16-14-24(15-17-25)20(2)3/h7-20,29-30H,6H2,1-5H3,(H,33,36)/t29-,30+/m0/s1. The third kappa shape index (κ3) is 4.22. The summed E-state index contributed by atoms with van der Waals surface area (Å²) in [6.45, 7) is 11.1. The van der Waals surface area contributed by atoms with Crippen molar-refractivity contribution in [3.63, 3.8) is 0 Å². The number of hydrogen-bond donors (Lipinski definition) is 1. The number of thiocarbonyl (C=S) groups is 1. The van der Waals surface area contributed by atoms with Gasteiger partial charge in [0.05, 0.1) is 17.8 Å². The van der Waals surface area contributed by atoms with E-state index in [2.05, 4.69) is 110 Å². The molecule has 5 heteroatoms. The van der Waals surface area contributed by atoms with E-state index in [0.717, 1.165) is 22.9 Å². The van der Waals surface area contributed by atoms with Crippen molar-refractivity contribution in [2.24, 2.45) is 0 Å². The third-order valence-electron chi connectivity index (χ3n) is 7.34. The second kappa shape index (κ2) is 9.90. The fourth-order valence-corrected chi connectivity index (χ4v) is 5.80. The first-order valence-electron chi connectivity index (χ1n) is 12.8. The molecule has 0 amide bonds. The van der Waals surface area contributed by atoms with Crippen molar-refractivity contribution in [3.8, 4) is 5.69 Å². The molecule has 0 bridgehead atoms. The molecule has 36 heavy (non-hydrogen) atoms. The summed E-state index contributed by atoms with van der Waals surface area (Å²) in [4.78, 5) is 7.00. The fraction of sp³-hybridized carbons (Fsp3) is 0.290. The minimum atomic E-state index is -0.0566. The summed E-state index contributed by atoms with van der Waals surface area (Å²) in [6.07, 6.45) is 2.85. The van der Waals surface area contributed by atoms with E-state index in [4.69, 9.17) is 17.2 Å². The van der Waals surface area contributed by atoms with Crippen LogP contribution in [0.15, 0.2) is 79.0 Å². The highest BCUT2D eigenvalue weighted by Crippen LogP contribution is 2.44. The minimum Gasteiger partial charge on any atom is -0.351 e. The Kier molecular flexibility index (Phi) is 6.67. The van der Waals surface area contributed by atoms with Gasteiger partial charge in [-0.1, -0.05) is 57.2 Å². The molecule has 0 radical (unpaired) electrons. The average Bonchev–Trinajstić information content (AvgIpc) is 3.39. The van der Waals surface area contributed by atoms with Gasteiger partial charge >= 0.3 is 0 Å². The molecule has 2 aromatic heterocycles. The Morgan fingerprint density at radius 2 is 1.69 bits per heavy atom. The van der Waals surface area contributed by atoms with Crippen LogP contribution in [0, 0.1) is 13.8 Å². The van der Waals surface area contributed by atoms with Crippen molar-refractivity contribution in [1.82, 2.24) is 14.9 Å². The lowest BCUT2D eigenvalue weighted by Gasteiger charge is -2.28. The van der Waals surface area contributed by atoms with Crippen molar-refractivity contribution in [1.29, 1.82) is 0 Å². The summed E-state index contributed by atoms with van der Waals surface area (Å²) in [6, 6.07) is 25.9. The van der Waals surface area contributed by atoms with Crippen LogP contribution in [0.25, 0.3) is 5.69 Å². The summed E-state index contributed by atoms with van der Waals surface area (Å²) in [5.41, 5.74) is 9.71. The highest BCUT2D eigenvalue weighted by molar-refractivity contribution is 7.80.